The van der Waals surface area contributed by atoms with Crippen molar-refractivity contribution in [3.8, 4) is 0 Å². The molecular formula is C21H22. The highest BCUT2D eigenvalue weighted by Crippen LogP contribution is 1.96. The average molecular weight is 274 g/mol. The van der Waals surface area contributed by atoms with Gasteiger partial charge in [0.15, 0.2) is 0 Å². The predicted molar refractivity (Wildman–Crippen MR) is 96.0 cm³/mol. The molecule has 0 aliphatic heterocycles. The lowest BCUT2D eigenvalue weighted by molar-refractivity contribution is 1.52. The van der Waals surface area contributed by atoms with Crippen LogP contribution in [-0.4, -0.2) is 0 Å². The average Bonchev–Trinajstić information content (AvgIpc) is 2.48. The van der Waals surface area contributed by atoms with Gasteiger partial charge in [0.1, 0.15) is 0 Å². The Bertz CT molecular complexity index is 565. The highest BCUT2D eigenvalue weighted by atomic mass is 13.8. The maximum absolute atomic E-state index is 2.08. The van der Waals surface area contributed by atoms with Gasteiger partial charge in [0.05, 0.1) is 0 Å². The molecule has 0 atom stereocenters. The van der Waals surface area contributed by atoms with Crippen molar-refractivity contribution >= 4 is 0 Å². The van der Waals surface area contributed by atoms with Crippen LogP contribution in [0.15, 0.2) is 121 Å². The van der Waals surface area contributed by atoms with Crippen molar-refractivity contribution in [2.45, 2.75) is 6.92 Å². The van der Waals surface area contributed by atoms with Crippen LogP contribution in [0.4, 0.5) is 0 Å². The molecule has 0 N–H and O–H groups in total. The summed E-state index contributed by atoms with van der Waals surface area (Å²) in [5.41, 5.74) is 1.21. The summed E-state index contributed by atoms with van der Waals surface area (Å²) < 4.78 is 0. The van der Waals surface area contributed by atoms with E-state index in [1.54, 1.807) is 0 Å². The highest BCUT2D eigenvalue weighted by Gasteiger charge is 1.75. The van der Waals surface area contributed by atoms with Gasteiger partial charge >= 0.3 is 0 Å². The third-order valence-electron chi connectivity index (χ3n) is 2.50. The van der Waals surface area contributed by atoms with Gasteiger partial charge in [0, 0.05) is 0 Å². The van der Waals surface area contributed by atoms with Crippen LogP contribution in [0.1, 0.15) is 6.92 Å². The third kappa shape index (κ3) is 11.0. The van der Waals surface area contributed by atoms with Gasteiger partial charge < -0.3 is 0 Å². The fourth-order valence-corrected chi connectivity index (χ4v) is 1.43. The van der Waals surface area contributed by atoms with Gasteiger partial charge in [-0.15, -0.1) is 0 Å². The molecule has 0 radical (unpaired) electrons. The molecule has 21 heavy (non-hydrogen) atoms. The largest absolute Gasteiger partial charge is 0.0623 e. The summed E-state index contributed by atoms with van der Waals surface area (Å²) in [6.45, 7) is 2.08. The molecule has 0 nitrogen and oxygen atoms in total. The first-order valence-corrected chi connectivity index (χ1v) is 7.08. The minimum atomic E-state index is 1.21. The van der Waals surface area contributed by atoms with Crippen LogP contribution in [0.3, 0.4) is 0 Å². The van der Waals surface area contributed by atoms with Crippen LogP contribution in [0.5, 0.6) is 0 Å². The standard InChI is InChI=1S/C21H22/c1-21-19-17-15-13-11-9-7-5-3-2-4-6-8-10-12-14-16-18-20-21/h2-20H,1H3. The Labute approximate surface area is 128 Å². The van der Waals surface area contributed by atoms with E-state index in [4.69, 9.17) is 0 Å². The topological polar surface area (TPSA) is 0 Å². The summed E-state index contributed by atoms with van der Waals surface area (Å²) in [4.78, 5) is 0. The quantitative estimate of drug-likeness (QED) is 0.512. The Balaban J connectivity index is 2.76. The second-order valence-electron chi connectivity index (χ2n) is 4.35. The molecule has 0 aromatic heterocycles. The zero-order valence-electron chi connectivity index (χ0n) is 12.5. The molecular weight excluding hydrogens is 252 g/mol. The monoisotopic (exact) mass is 274 g/mol. The van der Waals surface area contributed by atoms with E-state index in [1.165, 1.54) is 5.57 Å². The molecule has 1 aliphatic rings. The van der Waals surface area contributed by atoms with Crippen LogP contribution >= 0.6 is 0 Å². The molecule has 0 amide bonds. The second kappa shape index (κ2) is 12.4. The Kier molecular flexibility index (Phi) is 9.74. The first-order chi connectivity index (χ1) is 10.4. The molecule has 0 saturated carbocycles. The molecule has 0 spiro atoms. The van der Waals surface area contributed by atoms with E-state index in [9.17, 15) is 0 Å². The van der Waals surface area contributed by atoms with Gasteiger partial charge in [-0.25, -0.2) is 0 Å². The van der Waals surface area contributed by atoms with Crippen molar-refractivity contribution in [1.29, 1.82) is 0 Å². The van der Waals surface area contributed by atoms with Crippen LogP contribution < -0.4 is 0 Å². The second-order valence-corrected chi connectivity index (χ2v) is 4.35. The van der Waals surface area contributed by atoms with E-state index in [0.29, 0.717) is 0 Å². The third-order valence-corrected chi connectivity index (χ3v) is 2.50. The lowest BCUT2D eigenvalue weighted by Crippen LogP contribution is -1.64. The van der Waals surface area contributed by atoms with Gasteiger partial charge in [-0.3, -0.25) is 0 Å². The van der Waals surface area contributed by atoms with Gasteiger partial charge in [-0.1, -0.05) is 121 Å². The van der Waals surface area contributed by atoms with Gasteiger partial charge in [-0.2, -0.15) is 0 Å². The van der Waals surface area contributed by atoms with Gasteiger partial charge in [-0.05, 0) is 6.92 Å². The summed E-state index contributed by atoms with van der Waals surface area (Å²) in [7, 11) is 0. The lowest BCUT2D eigenvalue weighted by atomic mass is 10.2. The number of allylic oxidation sites excluding steroid dienone is 20. The maximum Gasteiger partial charge on any atom is -0.0398 e. The molecule has 0 heterocycles. The minimum absolute atomic E-state index is 1.21. The Morgan fingerprint density at radius 1 is 0.381 bits per heavy atom. The fraction of sp³-hybridized carbons (Fsp3) is 0.0476. The predicted octanol–water partition coefficient (Wildman–Crippen LogP) is 5.95. The summed E-state index contributed by atoms with van der Waals surface area (Å²) >= 11 is 0. The van der Waals surface area contributed by atoms with Crippen molar-refractivity contribution in [3.05, 3.63) is 121 Å². The molecule has 0 fully saturated rings. The molecule has 0 unspecified atom stereocenters. The fourth-order valence-electron chi connectivity index (χ4n) is 1.43. The zero-order valence-corrected chi connectivity index (χ0v) is 12.5. The number of hydrogen-bond acceptors (Lipinski definition) is 0. The highest BCUT2D eigenvalue weighted by molar-refractivity contribution is 5.28. The zero-order chi connectivity index (χ0) is 15.0. The van der Waals surface area contributed by atoms with E-state index in [2.05, 4.69) is 19.1 Å². The Hall–Kier alpha value is -2.60. The summed E-state index contributed by atoms with van der Waals surface area (Å²) in [6.07, 6.45) is 38.4. The molecule has 0 aromatic rings. The van der Waals surface area contributed by atoms with Gasteiger partial charge in [0.25, 0.3) is 0 Å². The molecule has 0 bridgehead atoms. The van der Waals surface area contributed by atoms with Crippen molar-refractivity contribution in [3.63, 3.8) is 0 Å². The van der Waals surface area contributed by atoms with Crippen LogP contribution in [0.25, 0.3) is 0 Å². The van der Waals surface area contributed by atoms with Crippen LogP contribution in [-0.2, 0) is 0 Å². The first kappa shape index (κ1) is 16.5. The van der Waals surface area contributed by atoms with E-state index in [0.717, 1.165) is 0 Å². The van der Waals surface area contributed by atoms with E-state index >= 15 is 0 Å². The molecule has 0 aromatic carbocycles. The summed E-state index contributed by atoms with van der Waals surface area (Å²) in [6, 6.07) is 0. The van der Waals surface area contributed by atoms with Crippen molar-refractivity contribution in [2.75, 3.05) is 0 Å². The summed E-state index contributed by atoms with van der Waals surface area (Å²) in [5, 5.41) is 0. The van der Waals surface area contributed by atoms with Crippen molar-refractivity contribution < 1.29 is 0 Å². The van der Waals surface area contributed by atoms with Crippen LogP contribution in [0.2, 0.25) is 0 Å². The van der Waals surface area contributed by atoms with E-state index < -0.39 is 0 Å². The normalized spacial score (nSPS) is 16.3. The van der Waals surface area contributed by atoms with Gasteiger partial charge in [0.2, 0.25) is 0 Å². The Morgan fingerprint density at radius 2 is 0.667 bits per heavy atom. The van der Waals surface area contributed by atoms with Crippen molar-refractivity contribution in [1.82, 2.24) is 0 Å². The SMILES string of the molecule is CC1=CC=CC=CC=CC=CC=CC=CC=CC=CC=C1. The minimum Gasteiger partial charge on any atom is -0.0623 e. The maximum atomic E-state index is 2.08. The smallest absolute Gasteiger partial charge is 0.0398 e. The van der Waals surface area contributed by atoms with E-state index in [-0.39, 0.29) is 0 Å². The number of rotatable bonds is 0. The number of hydrogen-bond donors (Lipinski definition) is 0. The van der Waals surface area contributed by atoms with E-state index in [1.807, 2.05) is 103 Å². The summed E-state index contributed by atoms with van der Waals surface area (Å²) in [5.74, 6) is 0. The molecule has 106 valence electrons. The first-order valence-electron chi connectivity index (χ1n) is 7.08. The molecule has 1 aliphatic carbocycles. The Morgan fingerprint density at radius 3 is 1.05 bits per heavy atom. The van der Waals surface area contributed by atoms with Crippen molar-refractivity contribution in [2.24, 2.45) is 0 Å². The molecule has 0 saturated heterocycles. The van der Waals surface area contributed by atoms with Crippen LogP contribution in [0, 0.1) is 0 Å². The molecule has 1 rings (SSSR count). The lowest BCUT2D eigenvalue weighted by Gasteiger charge is -1.85. The molecule has 0 heteroatoms.